The lowest BCUT2D eigenvalue weighted by Crippen LogP contribution is -2.17. The van der Waals surface area contributed by atoms with Crippen molar-refractivity contribution in [2.45, 2.75) is 39.3 Å². The standard InChI is InChI=1S/C16H22N4O/c1-12(2)16-18-8-10-20(16)9-7-15(21)19-14-6-4-3-5-13(14)11-17/h3-6,8,10,12H,7,9,11,17H2,1-2H3,(H,19,21). The SMILES string of the molecule is CC(C)c1nccn1CCC(=O)Nc1ccccc1CN. The van der Waals surface area contributed by atoms with Crippen molar-refractivity contribution in [3.8, 4) is 0 Å². The molecule has 0 fully saturated rings. The number of carbonyl (C=O) groups is 1. The number of benzene rings is 1. The molecular formula is C16H22N4O. The van der Waals surface area contributed by atoms with Gasteiger partial charge in [0.1, 0.15) is 5.82 Å². The number of aromatic nitrogens is 2. The molecule has 3 N–H and O–H groups in total. The maximum atomic E-state index is 12.1. The first-order chi connectivity index (χ1) is 10.1. The number of hydrogen-bond donors (Lipinski definition) is 2. The van der Waals surface area contributed by atoms with Gasteiger partial charge < -0.3 is 15.6 Å². The van der Waals surface area contributed by atoms with Crippen LogP contribution in [0.3, 0.4) is 0 Å². The van der Waals surface area contributed by atoms with E-state index in [0.29, 0.717) is 25.4 Å². The summed E-state index contributed by atoms with van der Waals surface area (Å²) in [4.78, 5) is 16.4. The molecule has 5 nitrogen and oxygen atoms in total. The van der Waals surface area contributed by atoms with Gasteiger partial charge in [0.15, 0.2) is 0 Å². The maximum absolute atomic E-state index is 12.1. The number of hydrogen-bond acceptors (Lipinski definition) is 3. The van der Waals surface area contributed by atoms with Crippen molar-refractivity contribution in [1.29, 1.82) is 0 Å². The van der Waals surface area contributed by atoms with Gasteiger partial charge in [-0.25, -0.2) is 4.98 Å². The third kappa shape index (κ3) is 3.92. The molecule has 0 unspecified atom stereocenters. The summed E-state index contributed by atoms with van der Waals surface area (Å²) in [5, 5.41) is 2.92. The van der Waals surface area contributed by atoms with Crippen molar-refractivity contribution in [3.05, 3.63) is 48.0 Å². The largest absolute Gasteiger partial charge is 0.334 e. The number of nitrogens with two attached hydrogens (primary N) is 1. The Bertz CT molecular complexity index is 604. The Labute approximate surface area is 125 Å². The zero-order chi connectivity index (χ0) is 15.2. The van der Waals surface area contributed by atoms with E-state index in [1.807, 2.05) is 35.0 Å². The van der Waals surface area contributed by atoms with Crippen molar-refractivity contribution >= 4 is 11.6 Å². The van der Waals surface area contributed by atoms with E-state index in [1.165, 1.54) is 0 Å². The molecule has 21 heavy (non-hydrogen) atoms. The predicted molar refractivity (Wildman–Crippen MR) is 83.9 cm³/mol. The van der Waals surface area contributed by atoms with Crippen molar-refractivity contribution in [1.82, 2.24) is 9.55 Å². The third-order valence-corrected chi connectivity index (χ3v) is 3.36. The minimum Gasteiger partial charge on any atom is -0.334 e. The van der Waals surface area contributed by atoms with Crippen LogP contribution >= 0.6 is 0 Å². The van der Waals surface area contributed by atoms with Crippen molar-refractivity contribution in [2.24, 2.45) is 5.73 Å². The number of anilines is 1. The van der Waals surface area contributed by atoms with Gasteiger partial charge in [0, 0.05) is 43.5 Å². The molecule has 5 heteroatoms. The molecule has 0 aliphatic carbocycles. The molecule has 1 aromatic heterocycles. The molecule has 1 heterocycles. The van der Waals surface area contributed by atoms with Gasteiger partial charge in [-0.1, -0.05) is 32.0 Å². The highest BCUT2D eigenvalue weighted by molar-refractivity contribution is 5.91. The van der Waals surface area contributed by atoms with Gasteiger partial charge in [-0.3, -0.25) is 4.79 Å². The van der Waals surface area contributed by atoms with Crippen LogP contribution in [0, 0.1) is 0 Å². The maximum Gasteiger partial charge on any atom is 0.226 e. The van der Waals surface area contributed by atoms with Crippen LogP contribution in [-0.4, -0.2) is 15.5 Å². The fraction of sp³-hybridized carbons (Fsp3) is 0.375. The van der Waals surface area contributed by atoms with Gasteiger partial charge in [-0.15, -0.1) is 0 Å². The molecule has 0 aliphatic heterocycles. The van der Waals surface area contributed by atoms with Gasteiger partial charge in [0.25, 0.3) is 0 Å². The second-order valence-electron chi connectivity index (χ2n) is 5.29. The number of nitrogens with zero attached hydrogens (tertiary/aromatic N) is 2. The molecular weight excluding hydrogens is 264 g/mol. The van der Waals surface area contributed by atoms with Crippen molar-refractivity contribution < 1.29 is 4.79 Å². The van der Waals surface area contributed by atoms with Crippen LogP contribution in [0.2, 0.25) is 0 Å². The van der Waals surface area contributed by atoms with E-state index in [1.54, 1.807) is 6.20 Å². The molecule has 2 aromatic rings. The smallest absolute Gasteiger partial charge is 0.226 e. The number of aryl methyl sites for hydroxylation is 1. The summed E-state index contributed by atoms with van der Waals surface area (Å²) < 4.78 is 2.03. The Morgan fingerprint density at radius 1 is 1.38 bits per heavy atom. The summed E-state index contributed by atoms with van der Waals surface area (Å²) in [6.07, 6.45) is 4.10. The van der Waals surface area contributed by atoms with Crippen LogP contribution in [0.4, 0.5) is 5.69 Å². The van der Waals surface area contributed by atoms with Gasteiger partial charge in [0.05, 0.1) is 0 Å². The second-order valence-corrected chi connectivity index (χ2v) is 5.29. The molecule has 0 bridgehead atoms. The van der Waals surface area contributed by atoms with Crippen LogP contribution in [0.25, 0.3) is 0 Å². The summed E-state index contributed by atoms with van der Waals surface area (Å²) in [6.45, 7) is 5.23. The van der Waals surface area contributed by atoms with Gasteiger partial charge >= 0.3 is 0 Å². The number of nitrogens with one attached hydrogen (secondary N) is 1. The Balaban J connectivity index is 1.95. The summed E-state index contributed by atoms with van der Waals surface area (Å²) in [5.41, 5.74) is 7.40. The zero-order valence-electron chi connectivity index (χ0n) is 12.5. The molecule has 1 amide bonds. The van der Waals surface area contributed by atoms with E-state index in [4.69, 9.17) is 5.73 Å². The molecule has 112 valence electrons. The van der Waals surface area contributed by atoms with Crippen LogP contribution < -0.4 is 11.1 Å². The normalized spacial score (nSPS) is 10.9. The molecule has 2 rings (SSSR count). The van der Waals surface area contributed by atoms with E-state index in [9.17, 15) is 4.79 Å². The molecule has 0 atom stereocenters. The molecule has 0 saturated heterocycles. The van der Waals surface area contributed by atoms with Gasteiger partial charge in [0.2, 0.25) is 5.91 Å². The minimum absolute atomic E-state index is 0.0145. The lowest BCUT2D eigenvalue weighted by molar-refractivity contribution is -0.116. The highest BCUT2D eigenvalue weighted by Gasteiger charge is 2.10. The molecule has 0 aliphatic rings. The van der Waals surface area contributed by atoms with Crippen LogP contribution in [0.1, 0.15) is 37.6 Å². The average molecular weight is 286 g/mol. The number of imidazole rings is 1. The fourth-order valence-corrected chi connectivity index (χ4v) is 2.27. The van der Waals surface area contributed by atoms with Crippen molar-refractivity contribution in [3.63, 3.8) is 0 Å². The number of amides is 1. The molecule has 0 radical (unpaired) electrons. The predicted octanol–water partition coefficient (Wildman–Crippen LogP) is 2.49. The third-order valence-electron chi connectivity index (χ3n) is 3.36. The highest BCUT2D eigenvalue weighted by atomic mass is 16.1. The molecule has 1 aromatic carbocycles. The Hall–Kier alpha value is -2.14. The Morgan fingerprint density at radius 2 is 2.14 bits per heavy atom. The number of carbonyl (C=O) groups excluding carboxylic acids is 1. The topological polar surface area (TPSA) is 72.9 Å². The first-order valence-electron chi connectivity index (χ1n) is 7.20. The van der Waals surface area contributed by atoms with Gasteiger partial charge in [-0.2, -0.15) is 0 Å². The number of para-hydroxylation sites is 1. The Kier molecular flexibility index (Phi) is 5.11. The quantitative estimate of drug-likeness (QED) is 0.857. The zero-order valence-corrected chi connectivity index (χ0v) is 12.5. The van der Waals surface area contributed by atoms with E-state index in [-0.39, 0.29) is 5.91 Å². The van der Waals surface area contributed by atoms with Crippen LogP contribution in [0.15, 0.2) is 36.7 Å². The molecule has 0 spiro atoms. The van der Waals surface area contributed by atoms with Crippen LogP contribution in [0.5, 0.6) is 0 Å². The van der Waals surface area contributed by atoms with Crippen molar-refractivity contribution in [2.75, 3.05) is 5.32 Å². The first kappa shape index (κ1) is 15.3. The summed E-state index contributed by atoms with van der Waals surface area (Å²) in [7, 11) is 0. The van der Waals surface area contributed by atoms with Crippen LogP contribution in [-0.2, 0) is 17.9 Å². The second kappa shape index (κ2) is 7.04. The van der Waals surface area contributed by atoms with E-state index in [2.05, 4.69) is 24.1 Å². The minimum atomic E-state index is -0.0145. The average Bonchev–Trinajstić information content (AvgIpc) is 2.94. The first-order valence-corrected chi connectivity index (χ1v) is 7.20. The van der Waals surface area contributed by atoms with E-state index < -0.39 is 0 Å². The summed E-state index contributed by atoms with van der Waals surface area (Å²) in [6, 6.07) is 7.60. The summed E-state index contributed by atoms with van der Waals surface area (Å²) in [5.74, 6) is 1.34. The van der Waals surface area contributed by atoms with E-state index in [0.717, 1.165) is 17.1 Å². The summed E-state index contributed by atoms with van der Waals surface area (Å²) >= 11 is 0. The Morgan fingerprint density at radius 3 is 2.86 bits per heavy atom. The number of rotatable bonds is 6. The molecule has 0 saturated carbocycles. The van der Waals surface area contributed by atoms with E-state index >= 15 is 0 Å². The highest BCUT2D eigenvalue weighted by Crippen LogP contribution is 2.15. The monoisotopic (exact) mass is 286 g/mol. The fourth-order valence-electron chi connectivity index (χ4n) is 2.27. The lowest BCUT2D eigenvalue weighted by atomic mass is 10.1. The van der Waals surface area contributed by atoms with Gasteiger partial charge in [-0.05, 0) is 11.6 Å². The lowest BCUT2D eigenvalue weighted by Gasteiger charge is -2.12.